The predicted octanol–water partition coefficient (Wildman–Crippen LogP) is 2.84. The topological polar surface area (TPSA) is 154 Å². The lowest BCUT2D eigenvalue weighted by Crippen LogP contribution is -2.51. The molecule has 4 aliphatic rings. The van der Waals surface area contributed by atoms with E-state index in [1.807, 2.05) is 0 Å². The third-order valence-corrected chi connectivity index (χ3v) is 9.10. The van der Waals surface area contributed by atoms with Gasteiger partial charge in [0.05, 0.1) is 5.71 Å². The van der Waals surface area contributed by atoms with Crippen molar-refractivity contribution in [1.29, 1.82) is 0 Å². The quantitative estimate of drug-likeness (QED) is 0.311. The van der Waals surface area contributed by atoms with Gasteiger partial charge in [-0.3, -0.25) is 0 Å². The van der Waals surface area contributed by atoms with Crippen molar-refractivity contribution in [3.8, 4) is 0 Å². The van der Waals surface area contributed by atoms with Gasteiger partial charge in [0.15, 0.2) is 0 Å². The predicted molar refractivity (Wildman–Crippen MR) is 127 cm³/mol. The van der Waals surface area contributed by atoms with Gasteiger partial charge in [0.2, 0.25) is 11.9 Å². The Kier molecular flexibility index (Phi) is 5.60. The second-order valence-electron chi connectivity index (χ2n) is 10.6. The molecule has 0 heterocycles. The van der Waals surface area contributed by atoms with Crippen molar-refractivity contribution in [3.63, 3.8) is 0 Å². The maximum atomic E-state index is 5.50. The van der Waals surface area contributed by atoms with Crippen molar-refractivity contribution in [1.82, 2.24) is 0 Å². The molecule has 0 aliphatic heterocycles. The number of hydrogen-bond donors (Lipinski definition) is 4. The fraction of sp³-hybridized carbons (Fsp3) is 0.739. The first-order valence-corrected chi connectivity index (χ1v) is 11.6. The minimum Gasteiger partial charge on any atom is -0.369 e. The standard InChI is InChI=1S/C23H38N8/c1-13(28-30-20(24)25)17-6-7-18-16-5-4-14-12-15(29-31-21(26)27)8-10-22(14,2)19(16)9-11-23(17,18)3/h12,16-19H,4-11H2,1-3H3,(H4,24,25,30)(H4,26,27,31)/b28-13+,29-15-/t16-,17+,18-,19-,22-,23+/m0/s1. The molecule has 170 valence electrons. The molecule has 3 fully saturated rings. The van der Waals surface area contributed by atoms with Gasteiger partial charge in [0.25, 0.3) is 0 Å². The Morgan fingerprint density at radius 2 is 1.61 bits per heavy atom. The largest absolute Gasteiger partial charge is 0.369 e. The molecule has 8 nitrogen and oxygen atoms in total. The van der Waals surface area contributed by atoms with Crippen LogP contribution in [0, 0.1) is 34.5 Å². The van der Waals surface area contributed by atoms with Crippen LogP contribution in [0.15, 0.2) is 32.1 Å². The SMILES string of the molecule is C/C(=N\N=C(N)N)[C@H]1CC[C@H]2[C@@H]3CCC4=C/C(=N\N=C(N)N)CC[C@]4(C)[C@H]3CC[C@]12C. The number of nitrogens with two attached hydrogens (primary N) is 4. The lowest BCUT2D eigenvalue weighted by molar-refractivity contribution is -0.0407. The maximum absolute atomic E-state index is 5.50. The summed E-state index contributed by atoms with van der Waals surface area (Å²) >= 11 is 0. The van der Waals surface area contributed by atoms with Gasteiger partial charge < -0.3 is 22.9 Å². The normalized spacial score (nSPS) is 40.9. The Labute approximate surface area is 185 Å². The van der Waals surface area contributed by atoms with E-state index in [1.54, 1.807) is 5.57 Å². The molecule has 0 spiro atoms. The van der Waals surface area contributed by atoms with E-state index in [0.717, 1.165) is 48.4 Å². The third kappa shape index (κ3) is 3.74. The molecule has 0 aromatic carbocycles. The van der Waals surface area contributed by atoms with Gasteiger partial charge in [-0.05, 0) is 93.0 Å². The van der Waals surface area contributed by atoms with Crippen molar-refractivity contribution >= 4 is 23.3 Å². The molecule has 4 aliphatic carbocycles. The highest BCUT2D eigenvalue weighted by molar-refractivity contribution is 5.97. The lowest BCUT2D eigenvalue weighted by atomic mass is 9.46. The summed E-state index contributed by atoms with van der Waals surface area (Å²) in [5, 5.41) is 16.4. The van der Waals surface area contributed by atoms with E-state index in [-0.39, 0.29) is 17.3 Å². The number of allylic oxidation sites excluding steroid dienone is 2. The van der Waals surface area contributed by atoms with E-state index in [9.17, 15) is 0 Å². The molecule has 8 N–H and O–H groups in total. The van der Waals surface area contributed by atoms with E-state index >= 15 is 0 Å². The average Bonchev–Trinajstić information content (AvgIpc) is 3.07. The second kappa shape index (κ2) is 7.95. The van der Waals surface area contributed by atoms with E-state index in [4.69, 9.17) is 22.9 Å². The minimum absolute atomic E-state index is 0.0176. The van der Waals surface area contributed by atoms with Crippen LogP contribution in [0.4, 0.5) is 0 Å². The molecule has 6 atom stereocenters. The molecule has 3 saturated carbocycles. The van der Waals surface area contributed by atoms with Crippen LogP contribution < -0.4 is 22.9 Å². The van der Waals surface area contributed by atoms with E-state index < -0.39 is 0 Å². The third-order valence-electron chi connectivity index (χ3n) is 9.10. The summed E-state index contributed by atoms with van der Waals surface area (Å²) in [5.74, 6) is 2.78. The maximum Gasteiger partial charge on any atom is 0.211 e. The van der Waals surface area contributed by atoms with E-state index in [1.165, 1.54) is 32.1 Å². The molecule has 0 saturated heterocycles. The van der Waals surface area contributed by atoms with Gasteiger partial charge in [0, 0.05) is 11.6 Å². The van der Waals surface area contributed by atoms with Crippen LogP contribution in [0.3, 0.4) is 0 Å². The van der Waals surface area contributed by atoms with Gasteiger partial charge in [-0.1, -0.05) is 19.4 Å². The second-order valence-corrected chi connectivity index (χ2v) is 10.6. The van der Waals surface area contributed by atoms with Crippen LogP contribution in [0.1, 0.15) is 72.1 Å². The Balaban J connectivity index is 1.58. The monoisotopic (exact) mass is 426 g/mol. The number of fused-ring (bicyclic) bond motifs is 5. The summed E-state index contributed by atoms with van der Waals surface area (Å²) in [4.78, 5) is 0. The van der Waals surface area contributed by atoms with Gasteiger partial charge in [-0.2, -0.15) is 10.2 Å². The molecule has 8 heteroatoms. The molecule has 31 heavy (non-hydrogen) atoms. The van der Waals surface area contributed by atoms with Crippen LogP contribution in [-0.2, 0) is 0 Å². The van der Waals surface area contributed by atoms with Gasteiger partial charge in [-0.15, -0.1) is 10.2 Å². The summed E-state index contributed by atoms with van der Waals surface area (Å²) in [7, 11) is 0. The first-order valence-electron chi connectivity index (χ1n) is 11.6. The number of guanidine groups is 2. The molecule has 0 unspecified atom stereocenters. The summed E-state index contributed by atoms with van der Waals surface area (Å²) in [5.41, 5.74) is 26.1. The van der Waals surface area contributed by atoms with Crippen molar-refractivity contribution < 1.29 is 0 Å². The summed E-state index contributed by atoms with van der Waals surface area (Å²) in [6, 6.07) is 0. The zero-order valence-electron chi connectivity index (χ0n) is 19.1. The molecule has 4 rings (SSSR count). The van der Waals surface area contributed by atoms with Crippen LogP contribution >= 0.6 is 0 Å². The highest BCUT2D eigenvalue weighted by Gasteiger charge is 2.59. The van der Waals surface area contributed by atoms with Crippen LogP contribution in [0.25, 0.3) is 0 Å². The molecule has 0 aromatic heterocycles. The summed E-state index contributed by atoms with van der Waals surface area (Å²) in [6.45, 7) is 7.08. The summed E-state index contributed by atoms with van der Waals surface area (Å²) in [6.07, 6.45) is 11.8. The fourth-order valence-corrected chi connectivity index (χ4v) is 7.66. The molecule has 0 bridgehead atoms. The van der Waals surface area contributed by atoms with Crippen molar-refractivity contribution in [2.75, 3.05) is 0 Å². The van der Waals surface area contributed by atoms with Gasteiger partial charge in [-0.25, -0.2) is 0 Å². The Morgan fingerprint density at radius 3 is 2.32 bits per heavy atom. The molecular formula is C23H38N8. The highest BCUT2D eigenvalue weighted by Crippen LogP contribution is 2.66. The van der Waals surface area contributed by atoms with Crippen LogP contribution in [-0.4, -0.2) is 23.3 Å². The van der Waals surface area contributed by atoms with E-state index in [0.29, 0.717) is 11.3 Å². The first kappa shape index (κ1) is 21.8. The average molecular weight is 427 g/mol. The number of rotatable bonds is 3. The van der Waals surface area contributed by atoms with Crippen LogP contribution in [0.2, 0.25) is 0 Å². The number of nitrogens with zero attached hydrogens (tertiary/aromatic N) is 4. The molecule has 0 amide bonds. The molecular weight excluding hydrogens is 388 g/mol. The van der Waals surface area contributed by atoms with Crippen molar-refractivity contribution in [2.45, 2.75) is 72.1 Å². The van der Waals surface area contributed by atoms with Crippen molar-refractivity contribution in [3.05, 3.63) is 11.6 Å². The van der Waals surface area contributed by atoms with Gasteiger partial charge >= 0.3 is 0 Å². The first-order chi connectivity index (χ1) is 14.6. The van der Waals surface area contributed by atoms with Crippen LogP contribution in [0.5, 0.6) is 0 Å². The number of hydrogen-bond acceptors (Lipinski definition) is 4. The minimum atomic E-state index is 0.0176. The van der Waals surface area contributed by atoms with Gasteiger partial charge in [0.1, 0.15) is 0 Å². The fourth-order valence-electron chi connectivity index (χ4n) is 7.66. The Bertz CT molecular complexity index is 876. The van der Waals surface area contributed by atoms with Crippen molar-refractivity contribution in [2.24, 2.45) is 77.8 Å². The zero-order valence-corrected chi connectivity index (χ0v) is 19.1. The highest BCUT2D eigenvalue weighted by atomic mass is 15.3. The molecule has 0 radical (unpaired) electrons. The Hall–Kier alpha value is -2.38. The smallest absolute Gasteiger partial charge is 0.211 e. The Morgan fingerprint density at radius 1 is 0.871 bits per heavy atom. The molecule has 0 aromatic rings. The summed E-state index contributed by atoms with van der Waals surface area (Å²) < 4.78 is 0. The lowest BCUT2D eigenvalue weighted by Gasteiger charge is -2.58. The zero-order chi connectivity index (χ0) is 22.4. The van der Waals surface area contributed by atoms with E-state index in [2.05, 4.69) is 47.3 Å².